The second kappa shape index (κ2) is 23.7. The first-order chi connectivity index (χ1) is 30.2. The van der Waals surface area contributed by atoms with E-state index in [-0.39, 0.29) is 27.5 Å². The van der Waals surface area contributed by atoms with Gasteiger partial charge in [-0.25, -0.2) is 16.8 Å². The number of sulfonamides is 1. The minimum Gasteiger partial charge on any atom is -0.379 e. The van der Waals surface area contributed by atoms with Crippen molar-refractivity contribution in [1.29, 1.82) is 0 Å². The van der Waals surface area contributed by atoms with E-state index in [1.54, 1.807) is 46.8 Å². The zero-order valence-electron chi connectivity index (χ0n) is 36.7. The van der Waals surface area contributed by atoms with Crippen molar-refractivity contribution in [3.05, 3.63) is 120 Å². The topological polar surface area (TPSA) is 171 Å². The number of piperidine rings is 2. The third kappa shape index (κ3) is 14.2. The van der Waals surface area contributed by atoms with Crippen molar-refractivity contribution in [2.45, 2.75) is 98.9 Å². The van der Waals surface area contributed by atoms with Gasteiger partial charge in [-0.05, 0) is 139 Å². The van der Waals surface area contributed by atoms with Crippen LogP contribution in [-0.4, -0.2) is 101 Å². The average Bonchev–Trinajstić information content (AvgIpc) is 3.75. The SMILES string of the molecule is CCN.CCN1CCCC1.O=C1CCC2(CCN(S(=O)(=O)c3ccccc3)CC2)Nc2ccccc21.O=C1CCC2(CCNCC2)Nc2ccccc21.O=S(=O)(Cl)c1ccccc1. The van der Waals surface area contributed by atoms with Gasteiger partial charge in [0, 0.05) is 70.2 Å². The van der Waals surface area contributed by atoms with Crippen LogP contribution in [0.25, 0.3) is 0 Å². The first-order valence-corrected chi connectivity index (χ1v) is 26.0. The molecule has 9 rings (SSSR count). The molecule has 5 aliphatic rings. The van der Waals surface area contributed by atoms with Gasteiger partial charge in [0.1, 0.15) is 0 Å². The van der Waals surface area contributed by atoms with Crippen LogP contribution in [0.3, 0.4) is 0 Å². The van der Waals surface area contributed by atoms with Crippen molar-refractivity contribution in [2.75, 3.05) is 63.0 Å². The molecule has 5 aliphatic heterocycles. The molecule has 12 nitrogen and oxygen atoms in total. The molecule has 0 amide bonds. The molecule has 0 unspecified atom stereocenters. The molecule has 0 saturated carbocycles. The Morgan fingerprint density at radius 2 is 1.00 bits per heavy atom. The van der Waals surface area contributed by atoms with E-state index in [9.17, 15) is 26.4 Å². The number of nitrogens with zero attached hydrogens (tertiary/aromatic N) is 2. The number of rotatable bonds is 4. The predicted molar refractivity (Wildman–Crippen MR) is 255 cm³/mol. The third-order valence-electron chi connectivity index (χ3n) is 12.2. The molecule has 2 spiro atoms. The van der Waals surface area contributed by atoms with Gasteiger partial charge in [0.2, 0.25) is 10.0 Å². The van der Waals surface area contributed by atoms with Gasteiger partial charge in [-0.1, -0.05) is 74.5 Å². The lowest BCUT2D eigenvalue weighted by molar-refractivity contribution is 0.0965. The van der Waals surface area contributed by atoms with E-state index in [0.717, 1.165) is 67.8 Å². The van der Waals surface area contributed by atoms with Crippen molar-refractivity contribution in [3.8, 4) is 0 Å². The van der Waals surface area contributed by atoms with Gasteiger partial charge in [-0.2, -0.15) is 4.31 Å². The minimum atomic E-state index is -3.53. The largest absolute Gasteiger partial charge is 0.379 e. The summed E-state index contributed by atoms with van der Waals surface area (Å²) in [5.74, 6) is 0.438. The molecule has 63 heavy (non-hydrogen) atoms. The molecule has 3 fully saturated rings. The second-order valence-electron chi connectivity index (χ2n) is 16.5. The van der Waals surface area contributed by atoms with E-state index < -0.39 is 19.1 Å². The Morgan fingerprint density at radius 3 is 1.41 bits per heavy atom. The Morgan fingerprint density at radius 1 is 0.587 bits per heavy atom. The first-order valence-electron chi connectivity index (χ1n) is 22.2. The number of hydrogen-bond donors (Lipinski definition) is 4. The Hall–Kier alpha value is -4.15. The lowest BCUT2D eigenvalue weighted by Crippen LogP contribution is -2.50. The molecule has 0 atom stereocenters. The molecule has 0 aromatic heterocycles. The smallest absolute Gasteiger partial charge is 0.261 e. The van der Waals surface area contributed by atoms with Gasteiger partial charge in [0.25, 0.3) is 9.05 Å². The number of hydrogen-bond acceptors (Lipinski definition) is 11. The minimum absolute atomic E-state index is 0.132. The van der Waals surface area contributed by atoms with Gasteiger partial charge >= 0.3 is 0 Å². The Bertz CT molecular complexity index is 2280. The van der Waals surface area contributed by atoms with E-state index in [2.05, 4.69) is 27.8 Å². The van der Waals surface area contributed by atoms with Crippen molar-refractivity contribution in [1.82, 2.24) is 14.5 Å². The summed E-state index contributed by atoms with van der Waals surface area (Å²) in [5.41, 5.74) is 8.26. The van der Waals surface area contributed by atoms with Crippen LogP contribution in [0.5, 0.6) is 0 Å². The monoisotopic (exact) mass is 920 g/mol. The quantitative estimate of drug-likeness (QED) is 0.146. The lowest BCUT2D eigenvalue weighted by atomic mass is 9.84. The average molecular weight is 922 g/mol. The van der Waals surface area contributed by atoms with Gasteiger partial charge in [0.15, 0.2) is 11.6 Å². The molecular weight excluding hydrogens is 856 g/mol. The number of fused-ring (bicyclic) bond motifs is 2. The predicted octanol–water partition coefficient (Wildman–Crippen LogP) is 8.18. The second-order valence-corrected chi connectivity index (χ2v) is 21.0. The lowest BCUT2D eigenvalue weighted by Gasteiger charge is -2.42. The summed E-state index contributed by atoms with van der Waals surface area (Å²) in [6.45, 7) is 11.8. The standard InChI is InChI=1S/C20H22N2O3S.C14H18N2O.C6H5ClO2S.C6H13N.C2H7N/c23-19-10-11-20(21-18-9-5-4-8-17(18)19)12-14-22(15-13-20)26(24,25)16-6-2-1-3-7-16;17-13-5-6-14(7-9-15-10-8-14)16-12-4-2-1-3-11(12)13;7-10(8,9)6-4-2-1-3-5-6;1-2-7-5-3-4-6-7;1-2-3/h1-9,21H,10-15H2;1-4,15-16H,5-10H2;1-5H;2-6H2,1H3;2-3H2,1H3. The summed E-state index contributed by atoms with van der Waals surface area (Å²) in [5, 5.41) is 10.6. The van der Waals surface area contributed by atoms with Gasteiger partial charge in [-0.3, -0.25) is 9.59 Å². The van der Waals surface area contributed by atoms with Gasteiger partial charge in [-0.15, -0.1) is 0 Å². The molecule has 0 radical (unpaired) electrons. The molecule has 5 heterocycles. The maximum Gasteiger partial charge on any atom is 0.261 e. The summed E-state index contributed by atoms with van der Waals surface area (Å²) < 4.78 is 48.4. The maximum atomic E-state index is 12.8. The zero-order valence-corrected chi connectivity index (χ0v) is 39.1. The fourth-order valence-electron chi connectivity index (χ4n) is 8.58. The molecule has 342 valence electrons. The van der Waals surface area contributed by atoms with Crippen LogP contribution in [0.1, 0.15) is 98.8 Å². The van der Waals surface area contributed by atoms with Crippen LogP contribution in [0.4, 0.5) is 11.4 Å². The van der Waals surface area contributed by atoms with Crippen molar-refractivity contribution in [3.63, 3.8) is 0 Å². The molecular formula is C48H65ClN6O6S2. The maximum absolute atomic E-state index is 12.8. The van der Waals surface area contributed by atoms with Crippen molar-refractivity contribution >= 4 is 52.7 Å². The Kier molecular flexibility index (Phi) is 18.7. The number of carbonyl (C=O) groups excluding carboxylic acids is 2. The van der Waals surface area contributed by atoms with Gasteiger partial charge < -0.3 is 26.6 Å². The van der Waals surface area contributed by atoms with E-state index in [4.69, 9.17) is 16.4 Å². The van der Waals surface area contributed by atoms with Crippen LogP contribution in [0, 0.1) is 0 Å². The Balaban J connectivity index is 0.000000172. The summed E-state index contributed by atoms with van der Waals surface area (Å²) in [6.07, 6.45) is 9.31. The highest BCUT2D eigenvalue weighted by molar-refractivity contribution is 8.13. The molecule has 0 bridgehead atoms. The summed E-state index contributed by atoms with van der Waals surface area (Å²) in [7, 11) is -1.96. The number of halogens is 1. The highest BCUT2D eigenvalue weighted by atomic mass is 35.7. The molecule has 0 aliphatic carbocycles. The van der Waals surface area contributed by atoms with E-state index in [1.807, 2.05) is 61.5 Å². The molecule has 3 saturated heterocycles. The summed E-state index contributed by atoms with van der Waals surface area (Å²) >= 11 is 0. The molecule has 4 aromatic rings. The number of para-hydroxylation sites is 2. The normalized spacial score (nSPS) is 19.2. The summed E-state index contributed by atoms with van der Waals surface area (Å²) in [4.78, 5) is 27.4. The summed E-state index contributed by atoms with van der Waals surface area (Å²) in [6, 6.07) is 31.9. The highest BCUT2D eigenvalue weighted by Crippen LogP contribution is 2.38. The molecule has 15 heteroatoms. The van der Waals surface area contributed by atoms with Crippen LogP contribution >= 0.6 is 10.7 Å². The van der Waals surface area contributed by atoms with Crippen LogP contribution in [0.2, 0.25) is 0 Å². The molecule has 5 N–H and O–H groups in total. The number of carbonyl (C=O) groups is 2. The van der Waals surface area contributed by atoms with E-state index in [1.165, 1.54) is 44.6 Å². The van der Waals surface area contributed by atoms with Crippen molar-refractivity contribution in [2.24, 2.45) is 5.73 Å². The molecule has 4 aromatic carbocycles. The number of ketones is 2. The number of nitrogens with one attached hydrogen (secondary N) is 3. The number of benzene rings is 4. The zero-order chi connectivity index (χ0) is 45.4. The highest BCUT2D eigenvalue weighted by Gasteiger charge is 2.41. The first kappa shape index (κ1) is 49.9. The fraction of sp³-hybridized carbons (Fsp3) is 0.458. The third-order valence-corrected chi connectivity index (χ3v) is 15.5. The van der Waals surface area contributed by atoms with Crippen LogP contribution in [0.15, 0.2) is 119 Å². The van der Waals surface area contributed by atoms with E-state index in [0.29, 0.717) is 43.7 Å². The number of likely N-dealkylation sites (tertiary alicyclic amines) is 1. The van der Waals surface area contributed by atoms with Crippen molar-refractivity contribution < 1.29 is 26.4 Å². The number of Topliss-reactive ketones (excluding diaryl/α,β-unsaturated/α-hetero) is 2. The van der Waals surface area contributed by atoms with Crippen LogP contribution in [-0.2, 0) is 19.1 Å². The fourth-order valence-corrected chi connectivity index (χ4v) is 10.8. The number of nitrogens with two attached hydrogens (primary N) is 1. The van der Waals surface area contributed by atoms with E-state index >= 15 is 0 Å². The Labute approximate surface area is 379 Å². The van der Waals surface area contributed by atoms with Crippen LogP contribution < -0.4 is 21.7 Å². The van der Waals surface area contributed by atoms with Gasteiger partial charge in [0.05, 0.1) is 9.79 Å². The number of anilines is 2.